The van der Waals surface area contributed by atoms with E-state index in [1.165, 1.54) is 19.3 Å². The zero-order valence-electron chi connectivity index (χ0n) is 11.0. The summed E-state index contributed by atoms with van der Waals surface area (Å²) in [5, 5.41) is 3.63. The summed E-state index contributed by atoms with van der Waals surface area (Å²) >= 11 is 0. The highest BCUT2D eigenvalue weighted by molar-refractivity contribution is 5.76. The Hall–Kier alpha value is -1.64. The maximum absolute atomic E-state index is 4.72. The van der Waals surface area contributed by atoms with Gasteiger partial charge >= 0.3 is 0 Å². The van der Waals surface area contributed by atoms with E-state index < -0.39 is 0 Å². The van der Waals surface area contributed by atoms with E-state index >= 15 is 0 Å². The zero-order valence-corrected chi connectivity index (χ0v) is 11.0. The highest BCUT2D eigenvalue weighted by atomic mass is 15.1. The lowest BCUT2D eigenvalue weighted by atomic mass is 9.75. The van der Waals surface area contributed by atoms with E-state index in [2.05, 4.69) is 17.2 Å². The lowest BCUT2D eigenvalue weighted by molar-refractivity contribution is 0.268. The molecule has 1 aromatic heterocycles. The molecule has 0 amide bonds. The molecule has 18 heavy (non-hydrogen) atoms. The van der Waals surface area contributed by atoms with Crippen LogP contribution in [-0.2, 0) is 0 Å². The predicted molar refractivity (Wildman–Crippen MR) is 74.8 cm³/mol. The van der Waals surface area contributed by atoms with E-state index in [1.807, 2.05) is 31.2 Å². The number of benzene rings is 1. The molecule has 3 rings (SSSR count). The van der Waals surface area contributed by atoms with Gasteiger partial charge in [0.05, 0.1) is 16.7 Å². The number of aryl methyl sites for hydroxylation is 1. The molecule has 3 heteroatoms. The van der Waals surface area contributed by atoms with E-state index in [-0.39, 0.29) is 5.54 Å². The van der Waals surface area contributed by atoms with Gasteiger partial charge in [-0.15, -0.1) is 0 Å². The lowest BCUT2D eigenvalue weighted by Gasteiger charge is -2.42. The Morgan fingerprint density at radius 3 is 2.39 bits per heavy atom. The van der Waals surface area contributed by atoms with Gasteiger partial charge in [-0.25, -0.2) is 9.97 Å². The van der Waals surface area contributed by atoms with Crippen LogP contribution >= 0.6 is 0 Å². The van der Waals surface area contributed by atoms with Gasteiger partial charge in [0, 0.05) is 5.54 Å². The smallest absolute Gasteiger partial charge is 0.148 e. The van der Waals surface area contributed by atoms with Crippen molar-refractivity contribution in [2.45, 2.75) is 45.1 Å². The van der Waals surface area contributed by atoms with Crippen molar-refractivity contribution < 1.29 is 0 Å². The third kappa shape index (κ3) is 1.84. The third-order valence-corrected chi connectivity index (χ3v) is 4.12. The average Bonchev–Trinajstić information content (AvgIpc) is 2.34. The molecule has 1 fully saturated rings. The summed E-state index contributed by atoms with van der Waals surface area (Å²) < 4.78 is 0. The largest absolute Gasteiger partial charge is 0.363 e. The van der Waals surface area contributed by atoms with Crippen molar-refractivity contribution >= 4 is 16.9 Å². The molecule has 0 unspecified atom stereocenters. The van der Waals surface area contributed by atoms with Crippen LogP contribution in [0.25, 0.3) is 11.0 Å². The highest BCUT2D eigenvalue weighted by Gasteiger charge is 2.35. The first-order valence-corrected chi connectivity index (χ1v) is 6.74. The highest BCUT2D eigenvalue weighted by Crippen LogP contribution is 2.38. The van der Waals surface area contributed by atoms with Crippen molar-refractivity contribution in [3.63, 3.8) is 0 Å². The van der Waals surface area contributed by atoms with E-state index in [0.717, 1.165) is 29.0 Å². The second-order valence-electron chi connectivity index (χ2n) is 5.26. The molecule has 2 aromatic rings. The third-order valence-electron chi connectivity index (χ3n) is 4.12. The maximum atomic E-state index is 4.72. The Bertz CT molecular complexity index is 567. The molecule has 1 heterocycles. The van der Waals surface area contributed by atoms with Gasteiger partial charge in [0.25, 0.3) is 0 Å². The van der Waals surface area contributed by atoms with Crippen LogP contribution in [0.2, 0.25) is 0 Å². The van der Waals surface area contributed by atoms with Crippen molar-refractivity contribution in [3.05, 3.63) is 30.0 Å². The summed E-state index contributed by atoms with van der Waals surface area (Å²) in [5.41, 5.74) is 3.20. The normalized spacial score (nSPS) is 17.4. The molecule has 0 atom stereocenters. The SMILES string of the molecule is CCC1(Nc2nc3ccccc3nc2C)CCC1. The molecule has 1 saturated carbocycles. The van der Waals surface area contributed by atoms with Gasteiger partial charge in [-0.1, -0.05) is 19.1 Å². The molecule has 1 N–H and O–H groups in total. The molecule has 0 spiro atoms. The molecule has 3 nitrogen and oxygen atoms in total. The molecule has 1 aliphatic rings. The Morgan fingerprint density at radius 2 is 1.83 bits per heavy atom. The average molecular weight is 241 g/mol. The summed E-state index contributed by atoms with van der Waals surface area (Å²) in [6, 6.07) is 8.04. The molecule has 0 aliphatic heterocycles. The number of nitrogens with one attached hydrogen (secondary N) is 1. The molecule has 1 aromatic carbocycles. The van der Waals surface area contributed by atoms with E-state index in [9.17, 15) is 0 Å². The molecule has 0 bridgehead atoms. The van der Waals surface area contributed by atoms with Gasteiger partial charge in [0.1, 0.15) is 5.82 Å². The Labute approximate surface area is 108 Å². The number of aromatic nitrogens is 2. The fraction of sp³-hybridized carbons (Fsp3) is 0.467. The van der Waals surface area contributed by atoms with Gasteiger partial charge in [0.15, 0.2) is 0 Å². The second kappa shape index (κ2) is 4.23. The molecule has 94 valence electrons. The van der Waals surface area contributed by atoms with Crippen molar-refractivity contribution in [3.8, 4) is 0 Å². The van der Waals surface area contributed by atoms with Gasteiger partial charge in [-0.3, -0.25) is 0 Å². The number of hydrogen-bond donors (Lipinski definition) is 1. The van der Waals surface area contributed by atoms with Crippen LogP contribution in [0.4, 0.5) is 5.82 Å². The van der Waals surface area contributed by atoms with Crippen molar-refractivity contribution in [2.75, 3.05) is 5.32 Å². The minimum absolute atomic E-state index is 0.266. The van der Waals surface area contributed by atoms with Crippen molar-refractivity contribution in [1.82, 2.24) is 9.97 Å². The first-order valence-electron chi connectivity index (χ1n) is 6.74. The first-order chi connectivity index (χ1) is 8.72. The minimum atomic E-state index is 0.266. The van der Waals surface area contributed by atoms with Gasteiger partial charge in [-0.05, 0) is 44.7 Å². The zero-order chi connectivity index (χ0) is 12.6. The fourth-order valence-corrected chi connectivity index (χ4v) is 2.63. The first kappa shape index (κ1) is 11.5. The van der Waals surface area contributed by atoms with Gasteiger partial charge in [0.2, 0.25) is 0 Å². The molecule has 1 aliphatic carbocycles. The summed E-state index contributed by atoms with van der Waals surface area (Å²) in [4.78, 5) is 9.34. The summed E-state index contributed by atoms with van der Waals surface area (Å²) in [6.07, 6.45) is 4.97. The number of rotatable bonds is 3. The van der Waals surface area contributed by atoms with Crippen LogP contribution in [0.3, 0.4) is 0 Å². The molecular formula is C15H19N3. The van der Waals surface area contributed by atoms with Crippen LogP contribution in [0.1, 0.15) is 38.3 Å². The van der Waals surface area contributed by atoms with Crippen molar-refractivity contribution in [2.24, 2.45) is 0 Å². The molecule has 0 radical (unpaired) electrons. The number of nitrogens with zero attached hydrogens (tertiary/aromatic N) is 2. The van der Waals surface area contributed by atoms with E-state index in [4.69, 9.17) is 4.98 Å². The van der Waals surface area contributed by atoms with Gasteiger partial charge in [-0.2, -0.15) is 0 Å². The minimum Gasteiger partial charge on any atom is -0.363 e. The number of para-hydroxylation sites is 2. The monoisotopic (exact) mass is 241 g/mol. The maximum Gasteiger partial charge on any atom is 0.148 e. The topological polar surface area (TPSA) is 37.8 Å². The second-order valence-corrected chi connectivity index (χ2v) is 5.26. The standard InChI is InChI=1S/C15H19N3/c1-3-15(9-6-10-15)18-14-11(2)16-12-7-4-5-8-13(12)17-14/h4-5,7-8H,3,6,9-10H2,1-2H3,(H,17,18). The molecule has 0 saturated heterocycles. The van der Waals surface area contributed by atoms with Crippen LogP contribution < -0.4 is 5.32 Å². The Morgan fingerprint density at radius 1 is 1.17 bits per heavy atom. The van der Waals surface area contributed by atoms with Crippen LogP contribution in [0.15, 0.2) is 24.3 Å². The predicted octanol–water partition coefficient (Wildman–Crippen LogP) is 3.68. The van der Waals surface area contributed by atoms with Crippen molar-refractivity contribution in [1.29, 1.82) is 0 Å². The van der Waals surface area contributed by atoms with Crippen LogP contribution in [-0.4, -0.2) is 15.5 Å². The van der Waals surface area contributed by atoms with Crippen LogP contribution in [0.5, 0.6) is 0 Å². The number of hydrogen-bond acceptors (Lipinski definition) is 3. The molecular weight excluding hydrogens is 222 g/mol. The summed E-state index contributed by atoms with van der Waals surface area (Å²) in [5.74, 6) is 0.954. The summed E-state index contributed by atoms with van der Waals surface area (Å²) in [7, 11) is 0. The fourth-order valence-electron chi connectivity index (χ4n) is 2.63. The lowest BCUT2D eigenvalue weighted by Crippen LogP contribution is -2.44. The Kier molecular flexibility index (Phi) is 2.69. The van der Waals surface area contributed by atoms with E-state index in [0.29, 0.717) is 0 Å². The van der Waals surface area contributed by atoms with Crippen LogP contribution in [0, 0.1) is 6.92 Å². The quantitative estimate of drug-likeness (QED) is 0.890. The Balaban J connectivity index is 1.98. The number of anilines is 1. The summed E-state index contributed by atoms with van der Waals surface area (Å²) in [6.45, 7) is 4.28. The van der Waals surface area contributed by atoms with E-state index in [1.54, 1.807) is 0 Å². The van der Waals surface area contributed by atoms with Gasteiger partial charge < -0.3 is 5.32 Å². The number of fused-ring (bicyclic) bond motifs is 1.